The molecule has 0 bridgehead atoms. The average Bonchev–Trinajstić information content (AvgIpc) is 3.41. The van der Waals surface area contributed by atoms with Gasteiger partial charge in [0.05, 0.1) is 12.3 Å². The van der Waals surface area contributed by atoms with Crippen LogP contribution in [0.4, 0.5) is 10.7 Å². The van der Waals surface area contributed by atoms with E-state index in [0.717, 1.165) is 38.7 Å². The summed E-state index contributed by atoms with van der Waals surface area (Å²) in [4.78, 5) is 24.9. The van der Waals surface area contributed by atoms with Crippen LogP contribution < -0.4 is 15.0 Å². The molecule has 10 nitrogen and oxygen atoms in total. The van der Waals surface area contributed by atoms with Crippen molar-refractivity contribution in [2.75, 3.05) is 44.2 Å². The van der Waals surface area contributed by atoms with Crippen molar-refractivity contribution in [3.05, 3.63) is 42.9 Å². The standard InChI is InChI=1S/C18H20N6O4/c25-18(27-16-13-15(28-22-16)14-3-1-12-26-14)21-6-7-23-8-10-24(11-9-23)17-19-4-2-5-20-17/h1-5,12-13H,6-11H2,(H,21,25). The number of anilines is 1. The molecule has 3 aromatic heterocycles. The van der Waals surface area contributed by atoms with Crippen molar-refractivity contribution in [1.82, 2.24) is 25.3 Å². The van der Waals surface area contributed by atoms with Gasteiger partial charge < -0.3 is 23.9 Å². The van der Waals surface area contributed by atoms with Crippen molar-refractivity contribution in [2.45, 2.75) is 0 Å². The van der Waals surface area contributed by atoms with Gasteiger partial charge in [0.2, 0.25) is 11.7 Å². The number of piperazine rings is 1. The van der Waals surface area contributed by atoms with E-state index in [4.69, 9.17) is 13.7 Å². The molecule has 28 heavy (non-hydrogen) atoms. The summed E-state index contributed by atoms with van der Waals surface area (Å²) in [7, 11) is 0. The Balaban J connectivity index is 1.16. The molecule has 0 atom stereocenters. The Morgan fingerprint density at radius 2 is 1.96 bits per heavy atom. The molecule has 0 aliphatic carbocycles. The third kappa shape index (κ3) is 4.46. The van der Waals surface area contributed by atoms with Crippen LogP contribution in [0.5, 0.6) is 5.88 Å². The Bertz CT molecular complexity index is 875. The quantitative estimate of drug-likeness (QED) is 0.678. The molecule has 146 valence electrons. The summed E-state index contributed by atoms with van der Waals surface area (Å²) in [6, 6.07) is 6.77. The van der Waals surface area contributed by atoms with E-state index in [1.54, 1.807) is 30.6 Å². The first kappa shape index (κ1) is 18.0. The number of carbonyl (C=O) groups excluding carboxylic acids is 1. The van der Waals surface area contributed by atoms with Gasteiger partial charge in [-0.05, 0) is 23.4 Å². The number of hydrogen-bond donors (Lipinski definition) is 1. The van der Waals surface area contributed by atoms with Crippen molar-refractivity contribution in [1.29, 1.82) is 0 Å². The zero-order valence-electron chi connectivity index (χ0n) is 15.2. The smallest absolute Gasteiger partial charge is 0.414 e. The molecule has 0 aromatic carbocycles. The molecule has 1 fully saturated rings. The zero-order valence-corrected chi connectivity index (χ0v) is 15.2. The highest BCUT2D eigenvalue weighted by Crippen LogP contribution is 2.23. The van der Waals surface area contributed by atoms with Crippen molar-refractivity contribution in [2.24, 2.45) is 0 Å². The lowest BCUT2D eigenvalue weighted by molar-refractivity contribution is 0.191. The topological polar surface area (TPSA) is 110 Å². The molecule has 1 N–H and O–H groups in total. The highest BCUT2D eigenvalue weighted by Gasteiger charge is 2.19. The van der Waals surface area contributed by atoms with Crippen LogP contribution in [0.25, 0.3) is 11.5 Å². The predicted octanol–water partition coefficient (Wildman–Crippen LogP) is 1.64. The monoisotopic (exact) mass is 384 g/mol. The molecule has 0 spiro atoms. The van der Waals surface area contributed by atoms with Crippen LogP contribution in [0.3, 0.4) is 0 Å². The lowest BCUT2D eigenvalue weighted by atomic mass is 10.3. The minimum atomic E-state index is -0.574. The van der Waals surface area contributed by atoms with E-state index in [0.29, 0.717) is 18.1 Å². The molecule has 0 unspecified atom stereocenters. The summed E-state index contributed by atoms with van der Waals surface area (Å²) < 4.78 is 15.4. The van der Waals surface area contributed by atoms with Gasteiger partial charge in [0.15, 0.2) is 5.76 Å². The summed E-state index contributed by atoms with van der Waals surface area (Å²) in [6.45, 7) is 4.67. The van der Waals surface area contributed by atoms with Gasteiger partial charge in [-0.2, -0.15) is 0 Å². The van der Waals surface area contributed by atoms with Crippen molar-refractivity contribution < 1.29 is 18.5 Å². The molecule has 4 rings (SSSR count). The fourth-order valence-corrected chi connectivity index (χ4v) is 2.92. The van der Waals surface area contributed by atoms with E-state index in [9.17, 15) is 4.79 Å². The van der Waals surface area contributed by atoms with Crippen molar-refractivity contribution in [3.8, 4) is 17.4 Å². The third-order valence-electron chi connectivity index (χ3n) is 4.35. The minimum Gasteiger partial charge on any atom is -0.461 e. The molecular weight excluding hydrogens is 364 g/mol. The minimum absolute atomic E-state index is 0.0837. The molecule has 3 aromatic rings. The van der Waals surface area contributed by atoms with Gasteiger partial charge >= 0.3 is 6.09 Å². The Hall–Kier alpha value is -3.40. The maximum Gasteiger partial charge on any atom is 0.414 e. The Labute approximate surface area is 161 Å². The summed E-state index contributed by atoms with van der Waals surface area (Å²) in [5.74, 6) is 1.75. The maximum atomic E-state index is 11.9. The van der Waals surface area contributed by atoms with Crippen LogP contribution in [0, 0.1) is 0 Å². The van der Waals surface area contributed by atoms with E-state index in [2.05, 4.69) is 30.2 Å². The summed E-state index contributed by atoms with van der Waals surface area (Å²) in [5, 5.41) is 6.42. The molecule has 4 heterocycles. The van der Waals surface area contributed by atoms with Gasteiger partial charge in [0.25, 0.3) is 5.88 Å². The number of amides is 1. The first-order valence-corrected chi connectivity index (χ1v) is 8.98. The predicted molar refractivity (Wildman–Crippen MR) is 98.9 cm³/mol. The highest BCUT2D eigenvalue weighted by atomic mass is 16.6. The van der Waals surface area contributed by atoms with Crippen LogP contribution in [0.15, 0.2) is 51.9 Å². The number of rotatable bonds is 6. The molecule has 1 aliphatic heterocycles. The number of furan rings is 1. The molecule has 1 amide bonds. The van der Waals surface area contributed by atoms with Crippen LogP contribution in [0.2, 0.25) is 0 Å². The van der Waals surface area contributed by atoms with Crippen LogP contribution >= 0.6 is 0 Å². The van der Waals surface area contributed by atoms with E-state index >= 15 is 0 Å². The number of nitrogens with one attached hydrogen (secondary N) is 1. The van der Waals surface area contributed by atoms with Crippen molar-refractivity contribution >= 4 is 12.0 Å². The maximum absolute atomic E-state index is 11.9. The van der Waals surface area contributed by atoms with Crippen molar-refractivity contribution in [3.63, 3.8) is 0 Å². The van der Waals surface area contributed by atoms with Gasteiger partial charge in [0, 0.05) is 51.7 Å². The summed E-state index contributed by atoms with van der Waals surface area (Å²) in [6.07, 6.45) is 4.45. The van der Waals surface area contributed by atoms with E-state index in [-0.39, 0.29) is 5.88 Å². The second kappa shape index (κ2) is 8.53. The number of aromatic nitrogens is 3. The molecule has 1 saturated heterocycles. The molecule has 10 heteroatoms. The summed E-state index contributed by atoms with van der Waals surface area (Å²) in [5.41, 5.74) is 0. The normalized spacial score (nSPS) is 14.8. The molecule has 0 saturated carbocycles. The van der Waals surface area contributed by atoms with Gasteiger partial charge in [-0.1, -0.05) is 0 Å². The fraction of sp³-hybridized carbons (Fsp3) is 0.333. The second-order valence-electron chi connectivity index (χ2n) is 6.20. The second-order valence-corrected chi connectivity index (χ2v) is 6.20. The van der Waals surface area contributed by atoms with Gasteiger partial charge in [-0.15, -0.1) is 0 Å². The largest absolute Gasteiger partial charge is 0.461 e. The lowest BCUT2D eigenvalue weighted by Crippen LogP contribution is -2.49. The van der Waals surface area contributed by atoms with Crippen LogP contribution in [-0.2, 0) is 0 Å². The van der Waals surface area contributed by atoms with Gasteiger partial charge in [0.1, 0.15) is 0 Å². The Kier molecular flexibility index (Phi) is 5.48. The first-order valence-electron chi connectivity index (χ1n) is 8.98. The van der Waals surface area contributed by atoms with E-state index in [1.807, 2.05) is 0 Å². The van der Waals surface area contributed by atoms with Crippen LogP contribution in [0.1, 0.15) is 0 Å². The Morgan fingerprint density at radius 1 is 1.14 bits per heavy atom. The number of nitrogens with zero attached hydrogens (tertiary/aromatic N) is 5. The van der Waals surface area contributed by atoms with Crippen LogP contribution in [-0.4, -0.2) is 65.4 Å². The highest BCUT2D eigenvalue weighted by molar-refractivity contribution is 5.70. The molecule has 0 radical (unpaired) electrons. The average molecular weight is 384 g/mol. The van der Waals surface area contributed by atoms with Gasteiger partial charge in [-0.3, -0.25) is 4.90 Å². The summed E-state index contributed by atoms with van der Waals surface area (Å²) >= 11 is 0. The molecule has 1 aliphatic rings. The number of carbonyl (C=O) groups is 1. The third-order valence-corrected chi connectivity index (χ3v) is 4.35. The molecular formula is C18H20N6O4. The Morgan fingerprint density at radius 3 is 2.71 bits per heavy atom. The zero-order chi connectivity index (χ0) is 19.2. The van der Waals surface area contributed by atoms with E-state index in [1.165, 1.54) is 12.3 Å². The number of hydrogen-bond acceptors (Lipinski definition) is 9. The van der Waals surface area contributed by atoms with Gasteiger partial charge in [-0.25, -0.2) is 14.8 Å². The van der Waals surface area contributed by atoms with E-state index < -0.39 is 6.09 Å². The SMILES string of the molecule is O=C(NCCN1CCN(c2ncccn2)CC1)Oc1cc(-c2ccco2)on1. The first-order chi connectivity index (χ1) is 13.8. The fourth-order valence-electron chi connectivity index (χ4n) is 2.92. The lowest BCUT2D eigenvalue weighted by Gasteiger charge is -2.34. The number of ether oxygens (including phenoxy) is 1.